The van der Waals surface area contributed by atoms with Gasteiger partial charge in [-0.3, -0.25) is 4.79 Å². The lowest BCUT2D eigenvalue weighted by Crippen LogP contribution is -2.39. The van der Waals surface area contributed by atoms with E-state index in [4.69, 9.17) is 9.05 Å². The van der Waals surface area contributed by atoms with E-state index >= 15 is 0 Å². The summed E-state index contributed by atoms with van der Waals surface area (Å²) in [5.74, 6) is 0.387. The Kier molecular flexibility index (Phi) is 4.75. The Bertz CT molecular complexity index is 1130. The van der Waals surface area contributed by atoms with Crippen LogP contribution in [0.2, 0.25) is 0 Å². The highest BCUT2D eigenvalue weighted by atomic mass is 19.4. The first-order valence-corrected chi connectivity index (χ1v) is 10.5. The first-order chi connectivity index (χ1) is 14.8. The van der Waals surface area contributed by atoms with Crippen LogP contribution in [0.5, 0.6) is 0 Å². The van der Waals surface area contributed by atoms with Gasteiger partial charge in [-0.15, -0.1) is 0 Å². The van der Waals surface area contributed by atoms with Crippen LogP contribution in [0.3, 0.4) is 0 Å². The average Bonchev–Trinajstić information content (AvgIpc) is 3.33. The Morgan fingerprint density at radius 2 is 1.97 bits per heavy atom. The molecule has 4 heterocycles. The second-order valence-corrected chi connectivity index (χ2v) is 8.24. The normalized spacial score (nSPS) is 19.9. The Morgan fingerprint density at radius 3 is 2.68 bits per heavy atom. The summed E-state index contributed by atoms with van der Waals surface area (Å²) < 4.78 is 51.8. The van der Waals surface area contributed by atoms with Crippen LogP contribution >= 0.6 is 0 Å². The quantitative estimate of drug-likeness (QED) is 0.592. The second-order valence-electron chi connectivity index (χ2n) is 8.24. The summed E-state index contributed by atoms with van der Waals surface area (Å²) in [5, 5.41) is 7.75. The standard InChI is InChI=1S/C21H21F3N4O3/c1-2-13-8-14(21(22,23)24)17-18(27-31-19(17)25-13)12-4-3-7-28(10-12)20(29)15-9-16(30-26-15)11-5-6-11/h8-9,11-12H,2-7,10H2,1H3/t12-/m0/s1. The highest BCUT2D eigenvalue weighted by molar-refractivity contribution is 5.92. The molecule has 0 bridgehead atoms. The lowest BCUT2D eigenvalue weighted by Gasteiger charge is -2.31. The number of piperidine rings is 1. The molecule has 1 saturated carbocycles. The number of carbonyl (C=O) groups excluding carboxylic acids is 1. The van der Waals surface area contributed by atoms with Gasteiger partial charge in [0.15, 0.2) is 5.69 Å². The molecular weight excluding hydrogens is 413 g/mol. The zero-order chi connectivity index (χ0) is 21.8. The predicted molar refractivity (Wildman–Crippen MR) is 103 cm³/mol. The highest BCUT2D eigenvalue weighted by Crippen LogP contribution is 2.41. The number of fused-ring (bicyclic) bond motifs is 1. The monoisotopic (exact) mass is 434 g/mol. The molecule has 0 spiro atoms. The number of nitrogens with zero attached hydrogens (tertiary/aromatic N) is 4. The average molecular weight is 434 g/mol. The van der Waals surface area contributed by atoms with Crippen LogP contribution in [0.15, 0.2) is 21.2 Å². The van der Waals surface area contributed by atoms with Gasteiger partial charge in [0.1, 0.15) is 5.76 Å². The lowest BCUT2D eigenvalue weighted by molar-refractivity contribution is -0.136. The van der Waals surface area contributed by atoms with Gasteiger partial charge in [-0.05, 0) is 38.2 Å². The molecular formula is C21H21F3N4O3. The van der Waals surface area contributed by atoms with E-state index in [0.29, 0.717) is 43.2 Å². The van der Waals surface area contributed by atoms with Crippen molar-refractivity contribution in [2.45, 2.75) is 57.0 Å². The SMILES string of the molecule is CCc1cc(C(F)(F)F)c2c([C@H]3CCCN(C(=O)c4cc(C5CC5)on4)C3)noc2n1. The van der Waals surface area contributed by atoms with Crippen molar-refractivity contribution in [3.8, 4) is 0 Å². The Hall–Kier alpha value is -2.91. The number of aryl methyl sites for hydroxylation is 1. The van der Waals surface area contributed by atoms with Gasteiger partial charge < -0.3 is 13.9 Å². The molecule has 0 N–H and O–H groups in total. The molecule has 1 aliphatic heterocycles. The van der Waals surface area contributed by atoms with E-state index in [9.17, 15) is 18.0 Å². The van der Waals surface area contributed by atoms with Gasteiger partial charge >= 0.3 is 6.18 Å². The number of likely N-dealkylation sites (tertiary alicyclic amines) is 1. The summed E-state index contributed by atoms with van der Waals surface area (Å²) in [6.45, 7) is 2.47. The molecule has 10 heteroatoms. The fourth-order valence-electron chi connectivity index (χ4n) is 4.20. The van der Waals surface area contributed by atoms with Crippen LogP contribution in [-0.2, 0) is 12.6 Å². The number of halogens is 3. The van der Waals surface area contributed by atoms with Crippen molar-refractivity contribution in [2.24, 2.45) is 0 Å². The minimum atomic E-state index is -4.56. The summed E-state index contributed by atoms with van der Waals surface area (Å²) in [4.78, 5) is 18.7. The number of amides is 1. The van der Waals surface area contributed by atoms with Crippen molar-refractivity contribution in [1.82, 2.24) is 20.2 Å². The summed E-state index contributed by atoms with van der Waals surface area (Å²) in [6, 6.07) is 2.73. The van der Waals surface area contributed by atoms with Gasteiger partial charge in [-0.2, -0.15) is 13.2 Å². The first kappa shape index (κ1) is 20.0. The largest absolute Gasteiger partial charge is 0.417 e. The Labute approximate surface area is 175 Å². The van der Waals surface area contributed by atoms with E-state index in [1.807, 2.05) is 0 Å². The molecule has 0 radical (unpaired) electrons. The van der Waals surface area contributed by atoms with Crippen molar-refractivity contribution in [3.63, 3.8) is 0 Å². The van der Waals surface area contributed by atoms with Crippen LogP contribution in [-0.4, -0.2) is 39.2 Å². The van der Waals surface area contributed by atoms with Gasteiger partial charge in [0.2, 0.25) is 0 Å². The topological polar surface area (TPSA) is 85.3 Å². The smallest absolute Gasteiger partial charge is 0.360 e. The highest BCUT2D eigenvalue weighted by Gasteiger charge is 2.38. The van der Waals surface area contributed by atoms with Crippen LogP contribution in [0.25, 0.3) is 11.1 Å². The minimum absolute atomic E-state index is 0.110. The van der Waals surface area contributed by atoms with Gasteiger partial charge in [0.25, 0.3) is 11.6 Å². The number of pyridine rings is 1. The first-order valence-electron chi connectivity index (χ1n) is 10.5. The van der Waals surface area contributed by atoms with Crippen molar-refractivity contribution in [1.29, 1.82) is 0 Å². The van der Waals surface area contributed by atoms with Crippen LogP contribution in [0.4, 0.5) is 13.2 Å². The fraction of sp³-hybridized carbons (Fsp3) is 0.524. The van der Waals surface area contributed by atoms with E-state index in [2.05, 4.69) is 15.3 Å². The predicted octanol–water partition coefficient (Wildman–Crippen LogP) is 4.69. The Morgan fingerprint density at radius 1 is 1.16 bits per heavy atom. The van der Waals surface area contributed by atoms with Crippen molar-refractivity contribution >= 4 is 17.0 Å². The summed E-state index contributed by atoms with van der Waals surface area (Å²) >= 11 is 0. The molecule has 2 aliphatic rings. The molecule has 7 nitrogen and oxygen atoms in total. The number of alkyl halides is 3. The Balaban J connectivity index is 1.45. The third-order valence-corrected chi connectivity index (χ3v) is 6.02. The van der Waals surface area contributed by atoms with Crippen molar-refractivity contribution < 1.29 is 27.0 Å². The summed E-state index contributed by atoms with van der Waals surface area (Å²) in [7, 11) is 0. The van der Waals surface area contributed by atoms with E-state index in [1.165, 1.54) is 0 Å². The molecule has 1 atom stereocenters. The van der Waals surface area contributed by atoms with E-state index in [1.54, 1.807) is 17.9 Å². The van der Waals surface area contributed by atoms with Crippen molar-refractivity contribution in [2.75, 3.05) is 13.1 Å². The third kappa shape index (κ3) is 3.68. The molecule has 164 valence electrons. The zero-order valence-electron chi connectivity index (χ0n) is 16.9. The van der Waals surface area contributed by atoms with Gasteiger partial charge in [0.05, 0.1) is 16.6 Å². The molecule has 3 aromatic rings. The van der Waals surface area contributed by atoms with E-state index in [-0.39, 0.29) is 40.9 Å². The molecule has 31 heavy (non-hydrogen) atoms. The summed E-state index contributed by atoms with van der Waals surface area (Å²) in [5.41, 5.74) is -0.178. The van der Waals surface area contributed by atoms with Gasteiger partial charge in [-0.1, -0.05) is 17.2 Å². The van der Waals surface area contributed by atoms with E-state index in [0.717, 1.165) is 18.9 Å². The summed E-state index contributed by atoms with van der Waals surface area (Å²) in [6.07, 6.45) is -0.909. The number of carbonyl (C=O) groups is 1. The molecule has 5 rings (SSSR count). The molecule has 0 aromatic carbocycles. The molecule has 0 unspecified atom stereocenters. The number of hydrogen-bond donors (Lipinski definition) is 0. The molecule has 3 aromatic heterocycles. The van der Waals surface area contributed by atoms with Crippen LogP contribution in [0, 0.1) is 0 Å². The third-order valence-electron chi connectivity index (χ3n) is 6.02. The fourth-order valence-corrected chi connectivity index (χ4v) is 4.20. The van der Waals surface area contributed by atoms with Gasteiger partial charge in [-0.25, -0.2) is 4.98 Å². The molecule has 2 fully saturated rings. The zero-order valence-corrected chi connectivity index (χ0v) is 16.9. The van der Waals surface area contributed by atoms with Gasteiger partial charge in [0, 0.05) is 36.7 Å². The minimum Gasteiger partial charge on any atom is -0.360 e. The van der Waals surface area contributed by atoms with E-state index < -0.39 is 11.7 Å². The second kappa shape index (κ2) is 7.35. The van der Waals surface area contributed by atoms with Crippen molar-refractivity contribution in [3.05, 3.63) is 40.5 Å². The van der Waals surface area contributed by atoms with Crippen LogP contribution < -0.4 is 0 Å². The number of hydrogen-bond acceptors (Lipinski definition) is 6. The molecule has 1 saturated heterocycles. The van der Waals surface area contributed by atoms with Crippen LogP contribution in [0.1, 0.15) is 77.6 Å². The number of aromatic nitrogens is 3. The molecule has 1 amide bonds. The molecule has 1 aliphatic carbocycles. The maximum atomic E-state index is 13.8. The lowest BCUT2D eigenvalue weighted by atomic mass is 9.91. The maximum absolute atomic E-state index is 13.8. The maximum Gasteiger partial charge on any atom is 0.417 e. The number of rotatable bonds is 4.